The molecule has 110 valence electrons. The molecule has 0 aromatic heterocycles. The molecule has 2 aromatic carbocycles. The standard InChI is InChI=1S/C17H17BrO2S/c1-11-8-13(3)16(9-12(11)2)17(19)10-21(20)15-6-4-14(18)5-7-15/h4-9H,10H2,1-3H3. The van der Waals surface area contributed by atoms with E-state index >= 15 is 0 Å². The molecule has 0 heterocycles. The predicted molar refractivity (Wildman–Crippen MR) is 90.4 cm³/mol. The van der Waals surface area contributed by atoms with Gasteiger partial charge in [-0.1, -0.05) is 22.0 Å². The third-order valence-electron chi connectivity index (χ3n) is 3.48. The van der Waals surface area contributed by atoms with Crippen molar-refractivity contribution >= 4 is 32.5 Å². The monoisotopic (exact) mass is 364 g/mol. The van der Waals surface area contributed by atoms with Gasteiger partial charge in [-0.25, -0.2) is 0 Å². The van der Waals surface area contributed by atoms with Crippen LogP contribution < -0.4 is 0 Å². The van der Waals surface area contributed by atoms with Gasteiger partial charge in [-0.05, 0) is 67.8 Å². The van der Waals surface area contributed by atoms with E-state index < -0.39 is 10.8 Å². The third-order valence-corrected chi connectivity index (χ3v) is 5.33. The molecule has 0 radical (unpaired) electrons. The summed E-state index contributed by atoms with van der Waals surface area (Å²) in [4.78, 5) is 13.1. The number of hydrogen-bond acceptors (Lipinski definition) is 2. The van der Waals surface area contributed by atoms with Gasteiger partial charge in [0.25, 0.3) is 0 Å². The number of Topliss-reactive ketones (excluding diaryl/α,β-unsaturated/α-hetero) is 1. The fourth-order valence-corrected chi connectivity index (χ4v) is 3.39. The number of rotatable bonds is 4. The number of ketones is 1. The lowest BCUT2D eigenvalue weighted by Gasteiger charge is -2.09. The average molecular weight is 365 g/mol. The quantitative estimate of drug-likeness (QED) is 0.755. The van der Waals surface area contributed by atoms with E-state index in [1.807, 2.05) is 45.0 Å². The van der Waals surface area contributed by atoms with Gasteiger partial charge in [0.15, 0.2) is 5.78 Å². The van der Waals surface area contributed by atoms with Crippen LogP contribution >= 0.6 is 15.9 Å². The summed E-state index contributed by atoms with van der Waals surface area (Å²) in [5, 5.41) is 0. The molecule has 0 N–H and O–H groups in total. The zero-order chi connectivity index (χ0) is 15.6. The fraction of sp³-hybridized carbons (Fsp3) is 0.235. The van der Waals surface area contributed by atoms with Crippen LogP contribution in [0.3, 0.4) is 0 Å². The van der Waals surface area contributed by atoms with Crippen LogP contribution in [-0.2, 0) is 10.8 Å². The van der Waals surface area contributed by atoms with Crippen LogP contribution in [0.25, 0.3) is 0 Å². The number of carbonyl (C=O) groups is 1. The largest absolute Gasteiger partial charge is 0.293 e. The van der Waals surface area contributed by atoms with Crippen LogP contribution in [0.2, 0.25) is 0 Å². The normalized spacial score (nSPS) is 12.2. The van der Waals surface area contributed by atoms with Crippen LogP contribution in [0.4, 0.5) is 0 Å². The van der Waals surface area contributed by atoms with Crippen molar-refractivity contribution in [3.8, 4) is 0 Å². The Morgan fingerprint density at radius 3 is 2.19 bits per heavy atom. The molecule has 0 aliphatic heterocycles. The highest BCUT2D eigenvalue weighted by atomic mass is 79.9. The Morgan fingerprint density at radius 1 is 1.00 bits per heavy atom. The summed E-state index contributed by atoms with van der Waals surface area (Å²) >= 11 is 3.34. The molecule has 2 rings (SSSR count). The molecule has 0 spiro atoms. The molecule has 1 unspecified atom stereocenters. The molecule has 0 aliphatic carbocycles. The maximum atomic E-state index is 12.4. The Morgan fingerprint density at radius 2 is 1.57 bits per heavy atom. The molecular formula is C17H17BrO2S. The summed E-state index contributed by atoms with van der Waals surface area (Å²) in [6, 6.07) is 11.1. The highest BCUT2D eigenvalue weighted by molar-refractivity contribution is 9.10. The smallest absolute Gasteiger partial charge is 0.175 e. The van der Waals surface area contributed by atoms with Gasteiger partial charge in [0.05, 0.1) is 16.6 Å². The van der Waals surface area contributed by atoms with E-state index in [-0.39, 0.29) is 11.5 Å². The number of carbonyl (C=O) groups excluding carboxylic acids is 1. The Kier molecular flexibility index (Phi) is 5.12. The summed E-state index contributed by atoms with van der Waals surface area (Å²) in [5.74, 6) is -0.0535. The van der Waals surface area contributed by atoms with Gasteiger partial charge in [0, 0.05) is 14.9 Å². The Labute approximate surface area is 136 Å². The number of aryl methyl sites for hydroxylation is 3. The molecule has 0 saturated carbocycles. The van der Waals surface area contributed by atoms with Crippen LogP contribution in [-0.4, -0.2) is 15.7 Å². The van der Waals surface area contributed by atoms with Crippen molar-refractivity contribution in [3.63, 3.8) is 0 Å². The molecular weight excluding hydrogens is 348 g/mol. The zero-order valence-corrected chi connectivity index (χ0v) is 14.7. The second-order valence-electron chi connectivity index (χ2n) is 5.12. The molecule has 0 saturated heterocycles. The van der Waals surface area contributed by atoms with Gasteiger partial charge in [-0.15, -0.1) is 0 Å². The van der Waals surface area contributed by atoms with Crippen molar-refractivity contribution < 1.29 is 9.00 Å². The van der Waals surface area contributed by atoms with Gasteiger partial charge in [0.1, 0.15) is 0 Å². The lowest BCUT2D eigenvalue weighted by Crippen LogP contribution is -2.13. The van der Waals surface area contributed by atoms with Crippen molar-refractivity contribution in [1.29, 1.82) is 0 Å². The lowest BCUT2D eigenvalue weighted by atomic mass is 9.99. The summed E-state index contributed by atoms with van der Waals surface area (Å²) in [6.45, 7) is 5.93. The van der Waals surface area contributed by atoms with Crippen molar-refractivity contribution in [1.82, 2.24) is 0 Å². The summed E-state index contributed by atoms with van der Waals surface area (Å²) < 4.78 is 13.2. The summed E-state index contributed by atoms with van der Waals surface area (Å²) in [5.41, 5.74) is 3.86. The van der Waals surface area contributed by atoms with Gasteiger partial charge in [-0.2, -0.15) is 0 Å². The minimum absolute atomic E-state index is 0.0188. The Bertz CT molecular complexity index is 705. The van der Waals surface area contributed by atoms with Crippen molar-refractivity contribution in [2.45, 2.75) is 25.7 Å². The first-order valence-electron chi connectivity index (χ1n) is 6.63. The van der Waals surface area contributed by atoms with Crippen molar-refractivity contribution in [2.24, 2.45) is 0 Å². The second kappa shape index (κ2) is 6.67. The first-order chi connectivity index (χ1) is 9.88. The third kappa shape index (κ3) is 3.89. The SMILES string of the molecule is Cc1cc(C)c(C(=O)CS(=O)c2ccc(Br)cc2)cc1C. The van der Waals surface area contributed by atoms with E-state index in [9.17, 15) is 9.00 Å². The first kappa shape index (κ1) is 16.1. The molecule has 4 heteroatoms. The van der Waals surface area contributed by atoms with E-state index in [1.54, 1.807) is 12.1 Å². The molecule has 0 amide bonds. The molecule has 0 fully saturated rings. The minimum atomic E-state index is -1.31. The van der Waals surface area contributed by atoms with Gasteiger partial charge in [0.2, 0.25) is 0 Å². The Balaban J connectivity index is 2.20. The topological polar surface area (TPSA) is 34.1 Å². The highest BCUT2D eigenvalue weighted by Crippen LogP contribution is 2.18. The fourth-order valence-electron chi connectivity index (χ4n) is 2.13. The maximum Gasteiger partial charge on any atom is 0.175 e. The highest BCUT2D eigenvalue weighted by Gasteiger charge is 2.15. The van der Waals surface area contributed by atoms with E-state index in [0.29, 0.717) is 10.5 Å². The Hall–Kier alpha value is -1.26. The van der Waals surface area contributed by atoms with Crippen LogP contribution in [0.1, 0.15) is 27.0 Å². The molecule has 0 aliphatic rings. The van der Waals surface area contributed by atoms with Crippen molar-refractivity contribution in [3.05, 3.63) is 63.1 Å². The minimum Gasteiger partial charge on any atom is -0.293 e. The molecule has 0 bridgehead atoms. The maximum absolute atomic E-state index is 12.4. The molecule has 2 nitrogen and oxygen atoms in total. The van der Waals surface area contributed by atoms with E-state index in [0.717, 1.165) is 21.2 Å². The van der Waals surface area contributed by atoms with Gasteiger partial charge < -0.3 is 0 Å². The summed E-state index contributed by atoms with van der Waals surface area (Å²) in [6.07, 6.45) is 0. The van der Waals surface area contributed by atoms with Crippen molar-refractivity contribution in [2.75, 3.05) is 5.75 Å². The van der Waals surface area contributed by atoms with Crippen LogP contribution in [0, 0.1) is 20.8 Å². The number of hydrogen-bond donors (Lipinski definition) is 0. The van der Waals surface area contributed by atoms with E-state index in [4.69, 9.17) is 0 Å². The van der Waals surface area contributed by atoms with Gasteiger partial charge in [-0.3, -0.25) is 9.00 Å². The molecule has 1 atom stereocenters. The van der Waals surface area contributed by atoms with E-state index in [1.165, 1.54) is 0 Å². The molecule has 21 heavy (non-hydrogen) atoms. The lowest BCUT2D eigenvalue weighted by molar-refractivity contribution is 0.102. The van der Waals surface area contributed by atoms with Crippen LogP contribution in [0.5, 0.6) is 0 Å². The number of halogens is 1. The van der Waals surface area contributed by atoms with Crippen LogP contribution in [0.15, 0.2) is 45.8 Å². The first-order valence-corrected chi connectivity index (χ1v) is 8.74. The van der Waals surface area contributed by atoms with Gasteiger partial charge >= 0.3 is 0 Å². The molecule has 2 aromatic rings. The second-order valence-corrected chi connectivity index (χ2v) is 7.49. The predicted octanol–water partition coefficient (Wildman–Crippen LogP) is 4.36. The average Bonchev–Trinajstić information content (AvgIpc) is 2.43. The van der Waals surface area contributed by atoms with E-state index in [2.05, 4.69) is 15.9 Å². The zero-order valence-electron chi connectivity index (χ0n) is 12.3. The number of benzene rings is 2. The summed E-state index contributed by atoms with van der Waals surface area (Å²) in [7, 11) is -1.31.